The molecule has 0 saturated heterocycles. The monoisotopic (exact) mass is 1860 g/mol. The highest BCUT2D eigenvalue weighted by Crippen LogP contribution is 2.46. The molecule has 0 unspecified atom stereocenters. The lowest BCUT2D eigenvalue weighted by Gasteiger charge is -2.15. The van der Waals surface area contributed by atoms with Gasteiger partial charge in [-0.05, 0) is 194 Å². The van der Waals surface area contributed by atoms with Crippen molar-refractivity contribution in [1.82, 2.24) is 64.8 Å². The smallest absolute Gasteiger partial charge is 0.160 e. The molecule has 0 bridgehead atoms. The predicted octanol–water partition coefficient (Wildman–Crippen LogP) is 33.1. The summed E-state index contributed by atoms with van der Waals surface area (Å²) >= 11 is 0. The largest absolute Gasteiger partial charge is 0.265 e. The standard InChI is InChI=1S/C46H30N4.C45H29N5.C42H26N4/c1-4-11-33(12-5-1)42-30-43(50-46(49-42)36-15-8-3-9-16-36)34-21-19-31(20-22-34)37-23-24-41-40(29-37)44-38(32-25-27-47-28-26-32)17-10-18-39(44)45(48-41)35-13-6-2-7-14-35;1-2-9-33(10-3-1)45-37-12-8-11-36(32-21-25-46-26-22-32)44(37)38-27-34(19-20-39(38)50-45)30-15-17-31(18-16-30)35-28-42(40-13-4-6-23-47-40)49-43(29-35)41-14-5-7-24-48-41;1-3-8-28(9-4-1)36-19-16-30-14-15-31-17-20-37(45-42(31)41(30)44-36)32-18-21-38-35(26-32)39-33(27-22-24-43-25-23-27)12-7-13-34(39)40(46-38)29-10-5-2-6-11-29/h1-30H;1-29H;1-26H. The van der Waals surface area contributed by atoms with Crippen LogP contribution < -0.4 is 0 Å². The third-order valence-corrected chi connectivity index (χ3v) is 27.0. The van der Waals surface area contributed by atoms with Gasteiger partial charge in [0.25, 0.3) is 0 Å². The lowest BCUT2D eigenvalue weighted by atomic mass is 9.91. The van der Waals surface area contributed by atoms with Gasteiger partial charge in [0, 0.05) is 153 Å². The molecular formula is C133H85N13. The zero-order valence-electron chi connectivity index (χ0n) is 78.9. The van der Waals surface area contributed by atoms with Gasteiger partial charge in [0.1, 0.15) is 0 Å². The molecule has 0 atom stereocenters. The molecule has 12 heterocycles. The van der Waals surface area contributed by atoms with Gasteiger partial charge in [-0.1, -0.05) is 340 Å². The minimum Gasteiger partial charge on any atom is -0.265 e. The first kappa shape index (κ1) is 87.6. The molecule has 0 saturated carbocycles. The Bertz CT molecular complexity index is 9040. The molecule has 0 fully saturated rings. The molecule has 27 aromatic rings. The molecule has 0 N–H and O–H groups in total. The van der Waals surface area contributed by atoms with Crippen LogP contribution in [-0.4, -0.2) is 64.8 Å². The molecule has 0 aliphatic carbocycles. The molecule has 15 aromatic carbocycles. The zero-order valence-corrected chi connectivity index (χ0v) is 78.9. The number of nitrogens with zero attached hydrogens (tertiary/aromatic N) is 13. The molecule has 0 spiro atoms. The van der Waals surface area contributed by atoms with Crippen LogP contribution in [0.2, 0.25) is 0 Å². The van der Waals surface area contributed by atoms with Crippen molar-refractivity contribution < 1.29 is 0 Å². The van der Waals surface area contributed by atoms with E-state index in [-0.39, 0.29) is 0 Å². The van der Waals surface area contributed by atoms with Crippen LogP contribution in [0.25, 0.3) is 267 Å². The molecule has 13 heteroatoms. The number of hydrogen-bond donors (Lipinski definition) is 0. The van der Waals surface area contributed by atoms with E-state index in [0.717, 1.165) is 245 Å². The first-order valence-electron chi connectivity index (χ1n) is 48.7. The van der Waals surface area contributed by atoms with Crippen molar-refractivity contribution >= 4 is 86.8 Å². The van der Waals surface area contributed by atoms with Gasteiger partial charge in [-0.2, -0.15) is 0 Å². The fourth-order valence-electron chi connectivity index (χ4n) is 19.9. The van der Waals surface area contributed by atoms with Crippen LogP contribution in [0.15, 0.2) is 517 Å². The number of fused-ring (bicyclic) bond motifs is 12. The summed E-state index contributed by atoms with van der Waals surface area (Å²) < 4.78 is 0. The third kappa shape index (κ3) is 17.5. The number of pyridine rings is 11. The lowest BCUT2D eigenvalue weighted by Crippen LogP contribution is -1.95. The summed E-state index contributed by atoms with van der Waals surface area (Å²) in [5.74, 6) is 0.708. The number of benzene rings is 15. The second kappa shape index (κ2) is 39.1. The predicted molar refractivity (Wildman–Crippen MR) is 598 cm³/mol. The normalized spacial score (nSPS) is 11.3. The maximum Gasteiger partial charge on any atom is 0.160 e. The Morgan fingerprint density at radius 1 is 0.137 bits per heavy atom. The fraction of sp³-hybridized carbons (Fsp3) is 0. The Kier molecular flexibility index (Phi) is 23.4. The van der Waals surface area contributed by atoms with Gasteiger partial charge in [-0.15, -0.1) is 0 Å². The van der Waals surface area contributed by atoms with E-state index in [1.165, 1.54) is 16.2 Å². The van der Waals surface area contributed by atoms with Crippen molar-refractivity contribution in [3.8, 4) is 180 Å². The summed E-state index contributed by atoms with van der Waals surface area (Å²) in [5, 5.41) is 12.3. The molecule has 27 rings (SSSR count). The van der Waals surface area contributed by atoms with Crippen molar-refractivity contribution in [2.24, 2.45) is 0 Å². The molecule has 146 heavy (non-hydrogen) atoms. The van der Waals surface area contributed by atoms with Gasteiger partial charge < -0.3 is 0 Å². The van der Waals surface area contributed by atoms with Crippen molar-refractivity contribution in [3.05, 3.63) is 517 Å². The number of rotatable bonds is 16. The van der Waals surface area contributed by atoms with E-state index in [2.05, 4.69) is 383 Å². The summed E-state index contributed by atoms with van der Waals surface area (Å²) in [5.41, 5.74) is 36.4. The summed E-state index contributed by atoms with van der Waals surface area (Å²) in [6.45, 7) is 0. The molecular weight excluding hydrogens is 1780 g/mol. The molecule has 0 aliphatic rings. The summed E-state index contributed by atoms with van der Waals surface area (Å²) in [6, 6.07) is 162. The van der Waals surface area contributed by atoms with Gasteiger partial charge in [0.15, 0.2) is 5.82 Å². The first-order chi connectivity index (χ1) is 72.4. The topological polar surface area (TPSA) is 168 Å². The first-order valence-corrected chi connectivity index (χ1v) is 48.7. The van der Waals surface area contributed by atoms with Crippen LogP contribution in [0.1, 0.15) is 0 Å². The Balaban J connectivity index is 0.000000114. The van der Waals surface area contributed by atoms with Crippen molar-refractivity contribution in [2.75, 3.05) is 0 Å². The van der Waals surface area contributed by atoms with Crippen LogP contribution in [0.5, 0.6) is 0 Å². The molecule has 12 aromatic heterocycles. The number of hydrogen-bond acceptors (Lipinski definition) is 13. The van der Waals surface area contributed by atoms with Crippen molar-refractivity contribution in [2.45, 2.75) is 0 Å². The van der Waals surface area contributed by atoms with Gasteiger partial charge in [0.2, 0.25) is 0 Å². The van der Waals surface area contributed by atoms with E-state index < -0.39 is 0 Å². The molecule has 0 aliphatic heterocycles. The minimum absolute atomic E-state index is 0.708. The summed E-state index contributed by atoms with van der Waals surface area (Å²) in [4.78, 5) is 63.0. The lowest BCUT2D eigenvalue weighted by molar-refractivity contribution is 1.18. The fourth-order valence-corrected chi connectivity index (χ4v) is 19.9. The van der Waals surface area contributed by atoms with Crippen LogP contribution in [-0.2, 0) is 0 Å². The van der Waals surface area contributed by atoms with Crippen molar-refractivity contribution in [1.29, 1.82) is 0 Å². The molecule has 0 amide bonds. The highest BCUT2D eigenvalue weighted by atomic mass is 14.9. The summed E-state index contributed by atoms with van der Waals surface area (Å²) in [6.07, 6.45) is 14.7. The quantitative estimate of drug-likeness (QED) is 0.0839. The van der Waals surface area contributed by atoms with E-state index in [1.807, 2.05) is 146 Å². The van der Waals surface area contributed by atoms with E-state index in [1.54, 1.807) is 12.4 Å². The molecule has 0 radical (unpaired) electrons. The maximum atomic E-state index is 5.25. The van der Waals surface area contributed by atoms with Crippen LogP contribution >= 0.6 is 0 Å². The highest BCUT2D eigenvalue weighted by Gasteiger charge is 2.23. The van der Waals surface area contributed by atoms with Gasteiger partial charge in [0.05, 0.1) is 90.2 Å². The van der Waals surface area contributed by atoms with Crippen molar-refractivity contribution in [3.63, 3.8) is 0 Å². The molecule has 13 nitrogen and oxygen atoms in total. The van der Waals surface area contributed by atoms with Gasteiger partial charge in [-0.3, -0.25) is 24.9 Å². The van der Waals surface area contributed by atoms with Crippen LogP contribution in [0, 0.1) is 0 Å². The summed E-state index contributed by atoms with van der Waals surface area (Å²) in [7, 11) is 0. The Labute approximate surface area is 842 Å². The SMILES string of the molecule is c1ccc(-c2cc(-c3ccc(-c4ccc5nc(-c6ccccc6)c6cccc(-c7ccncc7)c6c5c4)cc3)nc(-c3ccccc3)n2)cc1.c1ccc(-c2ccc3ccc4ccc(-c5ccc6nc(-c7ccccc7)c7cccc(-c8ccncc8)c7c6c5)nc4c3n2)cc1.c1ccc(-c2nc3ccc(-c4ccc(-c5cc(-c6ccccn6)nc(-c6ccccn6)c5)cc4)cc3c3c(-c4ccncc4)cccc23)cc1. The van der Waals surface area contributed by atoms with E-state index in [4.69, 9.17) is 39.9 Å². The second-order valence-electron chi connectivity index (χ2n) is 35.9. The van der Waals surface area contributed by atoms with Gasteiger partial charge >= 0.3 is 0 Å². The average molecular weight is 1870 g/mol. The highest BCUT2D eigenvalue weighted by molar-refractivity contribution is 6.21. The minimum atomic E-state index is 0.708. The molecule has 682 valence electrons. The van der Waals surface area contributed by atoms with Crippen LogP contribution in [0.4, 0.5) is 0 Å². The number of aromatic nitrogens is 13. The van der Waals surface area contributed by atoms with E-state index in [0.29, 0.717) is 5.82 Å². The Morgan fingerprint density at radius 3 is 0.822 bits per heavy atom. The maximum absolute atomic E-state index is 5.25. The average Bonchev–Trinajstić information content (AvgIpc) is 0.742. The Morgan fingerprint density at radius 2 is 0.445 bits per heavy atom. The third-order valence-electron chi connectivity index (χ3n) is 27.0. The van der Waals surface area contributed by atoms with Crippen LogP contribution in [0.3, 0.4) is 0 Å². The van der Waals surface area contributed by atoms with E-state index >= 15 is 0 Å². The van der Waals surface area contributed by atoms with Gasteiger partial charge in [-0.25, -0.2) is 39.9 Å². The van der Waals surface area contributed by atoms with E-state index in [9.17, 15) is 0 Å². The zero-order chi connectivity index (χ0) is 97.0. The Hall–Kier alpha value is -19.9. The second-order valence-corrected chi connectivity index (χ2v) is 35.9.